The van der Waals surface area contributed by atoms with Crippen LogP contribution in [-0.2, 0) is 0 Å². The minimum Gasteiger partial charge on any atom is -0.400 e. The molecular weight excluding hydrogens is 160 g/mol. The van der Waals surface area contributed by atoms with Crippen molar-refractivity contribution in [3.05, 3.63) is 0 Å². The van der Waals surface area contributed by atoms with Crippen molar-refractivity contribution in [1.82, 2.24) is 0 Å². The summed E-state index contributed by atoms with van der Waals surface area (Å²) in [6.45, 7) is 0. The fraction of sp³-hybridized carbons (Fsp3) is 1.00. The van der Waals surface area contributed by atoms with Crippen LogP contribution in [-0.4, -0.2) is 40.4 Å². The van der Waals surface area contributed by atoms with Crippen molar-refractivity contribution in [2.75, 3.05) is 14.2 Å². The molecule has 0 aliphatic heterocycles. The summed E-state index contributed by atoms with van der Waals surface area (Å²) in [6.07, 6.45) is 4.21. The molecule has 0 radical (unpaired) electrons. The molecule has 1 fully saturated rings. The average molecular weight is 180 g/mol. The maximum absolute atomic E-state index is 8.93. The van der Waals surface area contributed by atoms with E-state index in [0.717, 1.165) is 33.5 Å². The van der Waals surface area contributed by atoms with Crippen molar-refractivity contribution < 1.29 is 20.4 Å². The van der Waals surface area contributed by atoms with Crippen LogP contribution in [0.15, 0.2) is 0 Å². The second-order valence-electron chi connectivity index (χ2n) is 2.54. The van der Waals surface area contributed by atoms with Crippen LogP contribution >= 0.6 is 0 Å². The lowest BCUT2D eigenvalue weighted by atomic mass is 9.95. The number of rotatable bonds is 0. The Hall–Kier alpha value is -0.160. The standard InChI is InChI=1S/C6H12O2.2CH4O/c7-6(8)4-2-1-3-5-6;2*1-2/h7-8H,1-5H2;2*2H,1H3. The maximum atomic E-state index is 8.93. The largest absolute Gasteiger partial charge is 0.400 e. The first-order valence-electron chi connectivity index (χ1n) is 4.05. The van der Waals surface area contributed by atoms with Gasteiger partial charge in [-0.2, -0.15) is 0 Å². The highest BCUT2D eigenvalue weighted by Gasteiger charge is 2.24. The quantitative estimate of drug-likeness (QED) is 0.391. The molecule has 1 aliphatic carbocycles. The molecule has 4 heteroatoms. The van der Waals surface area contributed by atoms with E-state index < -0.39 is 5.79 Å². The van der Waals surface area contributed by atoms with Gasteiger partial charge in [0, 0.05) is 27.1 Å². The summed E-state index contributed by atoms with van der Waals surface area (Å²) in [5, 5.41) is 31.9. The monoisotopic (exact) mass is 180 g/mol. The number of hydrogen-bond donors (Lipinski definition) is 4. The Balaban J connectivity index is 0. The van der Waals surface area contributed by atoms with Crippen molar-refractivity contribution in [3.63, 3.8) is 0 Å². The van der Waals surface area contributed by atoms with Crippen molar-refractivity contribution in [2.45, 2.75) is 37.9 Å². The van der Waals surface area contributed by atoms with Gasteiger partial charge in [0.15, 0.2) is 5.79 Å². The van der Waals surface area contributed by atoms with E-state index in [0.29, 0.717) is 12.8 Å². The van der Waals surface area contributed by atoms with Gasteiger partial charge >= 0.3 is 0 Å². The van der Waals surface area contributed by atoms with Crippen LogP contribution in [0.5, 0.6) is 0 Å². The Labute approximate surface area is 73.5 Å². The third kappa shape index (κ3) is 7.94. The van der Waals surface area contributed by atoms with Gasteiger partial charge in [0.1, 0.15) is 0 Å². The van der Waals surface area contributed by atoms with Crippen molar-refractivity contribution in [3.8, 4) is 0 Å². The predicted molar refractivity (Wildman–Crippen MR) is 46.5 cm³/mol. The Kier molecular flexibility index (Phi) is 10.7. The van der Waals surface area contributed by atoms with E-state index in [9.17, 15) is 0 Å². The average Bonchev–Trinajstić information content (AvgIpc) is 2.11. The second-order valence-corrected chi connectivity index (χ2v) is 2.54. The van der Waals surface area contributed by atoms with Crippen LogP contribution in [0.4, 0.5) is 0 Å². The summed E-state index contributed by atoms with van der Waals surface area (Å²) in [5.41, 5.74) is 0. The first-order chi connectivity index (χ1) is 5.71. The molecule has 4 N–H and O–H groups in total. The SMILES string of the molecule is CO.CO.OC1(O)CCCCC1. The lowest BCUT2D eigenvalue weighted by Crippen LogP contribution is -2.30. The topological polar surface area (TPSA) is 80.9 Å². The Bertz CT molecular complexity index is 75.1. The first kappa shape index (κ1) is 14.4. The van der Waals surface area contributed by atoms with E-state index in [-0.39, 0.29) is 0 Å². The molecule has 4 nitrogen and oxygen atoms in total. The van der Waals surface area contributed by atoms with Gasteiger partial charge in [-0.3, -0.25) is 0 Å². The number of hydrogen-bond acceptors (Lipinski definition) is 4. The van der Waals surface area contributed by atoms with Crippen molar-refractivity contribution >= 4 is 0 Å². The first-order valence-corrected chi connectivity index (χ1v) is 4.05. The summed E-state index contributed by atoms with van der Waals surface area (Å²) in [6, 6.07) is 0. The molecule has 1 saturated carbocycles. The molecule has 1 rings (SSSR count). The summed E-state index contributed by atoms with van der Waals surface area (Å²) < 4.78 is 0. The van der Waals surface area contributed by atoms with Crippen LogP contribution in [0.2, 0.25) is 0 Å². The Morgan fingerprint density at radius 1 is 0.750 bits per heavy atom. The fourth-order valence-corrected chi connectivity index (χ4v) is 1.12. The molecule has 0 aromatic heterocycles. The normalized spacial score (nSPS) is 19.5. The minimum absolute atomic E-state index is 0.562. The maximum Gasteiger partial charge on any atom is 0.162 e. The highest BCUT2D eigenvalue weighted by molar-refractivity contribution is 4.69. The molecule has 0 bridgehead atoms. The van der Waals surface area contributed by atoms with Gasteiger partial charge in [0.05, 0.1) is 0 Å². The summed E-state index contributed by atoms with van der Waals surface area (Å²) >= 11 is 0. The van der Waals surface area contributed by atoms with E-state index >= 15 is 0 Å². The van der Waals surface area contributed by atoms with Crippen LogP contribution in [0.1, 0.15) is 32.1 Å². The molecule has 76 valence electrons. The van der Waals surface area contributed by atoms with E-state index in [2.05, 4.69) is 0 Å². The summed E-state index contributed by atoms with van der Waals surface area (Å²) in [5.74, 6) is -1.32. The number of aliphatic hydroxyl groups excluding tert-OH is 2. The van der Waals surface area contributed by atoms with Crippen LogP contribution in [0.3, 0.4) is 0 Å². The molecule has 0 spiro atoms. The number of aliphatic hydroxyl groups is 4. The molecular formula is C8H20O4. The molecule has 0 amide bonds. The molecule has 12 heavy (non-hydrogen) atoms. The fourth-order valence-electron chi connectivity index (χ4n) is 1.12. The van der Waals surface area contributed by atoms with E-state index in [1.54, 1.807) is 0 Å². The lowest BCUT2D eigenvalue weighted by Gasteiger charge is -2.25. The highest BCUT2D eigenvalue weighted by Crippen LogP contribution is 2.24. The molecule has 0 heterocycles. The van der Waals surface area contributed by atoms with Crippen LogP contribution < -0.4 is 0 Å². The van der Waals surface area contributed by atoms with Gasteiger partial charge in [-0.25, -0.2) is 0 Å². The molecule has 1 aliphatic rings. The van der Waals surface area contributed by atoms with Gasteiger partial charge in [0.2, 0.25) is 0 Å². The Morgan fingerprint density at radius 2 is 1.08 bits per heavy atom. The molecule has 0 aromatic carbocycles. The minimum atomic E-state index is -1.32. The van der Waals surface area contributed by atoms with Gasteiger partial charge < -0.3 is 20.4 Å². The second kappa shape index (κ2) is 8.93. The van der Waals surface area contributed by atoms with E-state index in [1.165, 1.54) is 0 Å². The molecule has 0 aromatic rings. The molecule has 0 unspecified atom stereocenters. The molecule has 0 saturated heterocycles. The summed E-state index contributed by atoms with van der Waals surface area (Å²) in [4.78, 5) is 0. The van der Waals surface area contributed by atoms with Gasteiger partial charge in [-0.05, 0) is 12.8 Å². The Morgan fingerprint density at radius 3 is 1.25 bits per heavy atom. The van der Waals surface area contributed by atoms with Gasteiger partial charge in [-0.15, -0.1) is 0 Å². The summed E-state index contributed by atoms with van der Waals surface area (Å²) in [7, 11) is 2.00. The lowest BCUT2D eigenvalue weighted by molar-refractivity contribution is -0.180. The highest BCUT2D eigenvalue weighted by atomic mass is 16.5. The van der Waals surface area contributed by atoms with Crippen molar-refractivity contribution in [2.24, 2.45) is 0 Å². The third-order valence-corrected chi connectivity index (χ3v) is 1.65. The third-order valence-electron chi connectivity index (χ3n) is 1.65. The zero-order valence-electron chi connectivity index (χ0n) is 7.82. The molecule has 0 atom stereocenters. The van der Waals surface area contributed by atoms with Gasteiger partial charge in [0.25, 0.3) is 0 Å². The smallest absolute Gasteiger partial charge is 0.162 e. The predicted octanol–water partition coefficient (Wildman–Crippen LogP) is -0.152. The zero-order chi connectivity index (χ0) is 10.0. The van der Waals surface area contributed by atoms with Gasteiger partial charge in [-0.1, -0.05) is 6.42 Å². The zero-order valence-corrected chi connectivity index (χ0v) is 7.82. The van der Waals surface area contributed by atoms with Crippen LogP contribution in [0.25, 0.3) is 0 Å². The van der Waals surface area contributed by atoms with Crippen LogP contribution in [0, 0.1) is 0 Å². The van der Waals surface area contributed by atoms with E-state index in [1.807, 2.05) is 0 Å². The van der Waals surface area contributed by atoms with E-state index in [4.69, 9.17) is 20.4 Å². The van der Waals surface area contributed by atoms with Crippen molar-refractivity contribution in [1.29, 1.82) is 0 Å².